The monoisotopic (exact) mass is 564 g/mol. The maximum atomic E-state index is 13.0. The van der Waals surface area contributed by atoms with E-state index in [1.807, 2.05) is 24.3 Å². The van der Waals surface area contributed by atoms with Crippen molar-refractivity contribution in [3.63, 3.8) is 0 Å². The Bertz CT molecular complexity index is 999. The molecule has 0 bridgehead atoms. The van der Waals surface area contributed by atoms with Crippen LogP contribution in [0.15, 0.2) is 24.3 Å². The highest BCUT2D eigenvalue weighted by atomic mass is 16.5. The van der Waals surface area contributed by atoms with Gasteiger partial charge in [-0.05, 0) is 141 Å². The zero-order valence-electron chi connectivity index (χ0n) is 27.3. The van der Waals surface area contributed by atoms with Gasteiger partial charge in [-0.1, -0.05) is 67.2 Å². The molecule has 1 aromatic carbocycles. The maximum Gasteiger partial charge on any atom is 0.338 e. The van der Waals surface area contributed by atoms with E-state index in [0.29, 0.717) is 22.3 Å². The van der Waals surface area contributed by atoms with Gasteiger partial charge in [0, 0.05) is 0 Å². The van der Waals surface area contributed by atoms with Gasteiger partial charge in [-0.15, -0.1) is 0 Å². The Morgan fingerprint density at radius 2 is 1.61 bits per heavy atom. The highest BCUT2D eigenvalue weighted by Crippen LogP contribution is 2.68. The van der Waals surface area contributed by atoms with Crippen molar-refractivity contribution in [1.82, 2.24) is 0 Å². The van der Waals surface area contributed by atoms with Gasteiger partial charge in [0.25, 0.3) is 0 Å². The van der Waals surface area contributed by atoms with Crippen LogP contribution < -0.4 is 4.74 Å². The van der Waals surface area contributed by atoms with Crippen LogP contribution in [0.25, 0.3) is 0 Å². The number of fused-ring (bicyclic) bond motifs is 5. The molecule has 4 aliphatic carbocycles. The van der Waals surface area contributed by atoms with Gasteiger partial charge in [0.15, 0.2) is 0 Å². The van der Waals surface area contributed by atoms with Gasteiger partial charge < -0.3 is 9.47 Å². The number of benzene rings is 1. The summed E-state index contributed by atoms with van der Waals surface area (Å²) in [5, 5.41) is 0. The quantitative estimate of drug-likeness (QED) is 0.198. The normalized spacial score (nSPS) is 37.1. The van der Waals surface area contributed by atoms with Gasteiger partial charge in [-0.2, -0.15) is 0 Å². The summed E-state index contributed by atoms with van der Waals surface area (Å²) in [5.41, 5.74) is 1.63. The number of carbonyl (C=O) groups excluding carboxylic acids is 1. The van der Waals surface area contributed by atoms with Crippen molar-refractivity contribution in [2.24, 2.45) is 52.3 Å². The number of esters is 1. The Morgan fingerprint density at radius 3 is 2.34 bits per heavy atom. The summed E-state index contributed by atoms with van der Waals surface area (Å²) in [6.45, 7) is 15.6. The zero-order chi connectivity index (χ0) is 29.2. The molecule has 0 N–H and O–H groups in total. The standard InChI is InChI=1S/C38H60O3/c1-7-8-24-40-30-15-12-28(13-16-30)36(39)41-31-20-22-37(5)29(25-31)14-17-32-34-19-18-33(27(4)11-9-10-26(2)3)38(34,6)23-21-35(32)37/h12-13,15-16,26-27,29,31-35H,7-11,14,17-25H2,1-6H3/t27-,29+,31+,32+,33-,34+,35+,37+,38-/m1/s1. The van der Waals surface area contributed by atoms with Crippen molar-refractivity contribution in [1.29, 1.82) is 0 Å². The van der Waals surface area contributed by atoms with E-state index in [9.17, 15) is 4.79 Å². The van der Waals surface area contributed by atoms with E-state index < -0.39 is 0 Å². The van der Waals surface area contributed by atoms with Gasteiger partial charge in [0.1, 0.15) is 11.9 Å². The molecule has 4 aliphatic rings. The van der Waals surface area contributed by atoms with Crippen LogP contribution >= 0.6 is 0 Å². The molecule has 0 spiro atoms. The first-order valence-corrected chi connectivity index (χ1v) is 17.6. The SMILES string of the molecule is CCCCOc1ccc(C(=O)O[C@H]2CC[C@@]3(C)[C@@H](CC[C@@H]4[C@@H]3CC[C@]3(C)[C@@H]([C@H](C)CCCC(C)C)CC[C@@H]43)C2)cc1. The lowest BCUT2D eigenvalue weighted by Crippen LogP contribution is -2.54. The van der Waals surface area contributed by atoms with E-state index in [-0.39, 0.29) is 12.1 Å². The van der Waals surface area contributed by atoms with Gasteiger partial charge in [0.05, 0.1) is 12.2 Å². The lowest BCUT2D eigenvalue weighted by atomic mass is 9.44. The van der Waals surface area contributed by atoms with E-state index in [2.05, 4.69) is 41.5 Å². The highest BCUT2D eigenvalue weighted by molar-refractivity contribution is 5.89. The predicted octanol–water partition coefficient (Wildman–Crippen LogP) is 10.5. The maximum absolute atomic E-state index is 13.0. The Labute approximate surface area is 251 Å². The first kappa shape index (κ1) is 30.9. The van der Waals surface area contributed by atoms with Crippen molar-refractivity contribution in [2.45, 2.75) is 138 Å². The first-order valence-electron chi connectivity index (χ1n) is 17.6. The minimum absolute atomic E-state index is 0.0639. The van der Waals surface area contributed by atoms with Gasteiger partial charge in [-0.25, -0.2) is 4.79 Å². The van der Waals surface area contributed by atoms with Crippen LogP contribution in [0.3, 0.4) is 0 Å². The van der Waals surface area contributed by atoms with Crippen LogP contribution in [0.2, 0.25) is 0 Å². The fourth-order valence-electron chi connectivity index (χ4n) is 10.6. The largest absolute Gasteiger partial charge is 0.494 e. The summed E-state index contributed by atoms with van der Waals surface area (Å²) >= 11 is 0. The molecule has 4 fully saturated rings. The molecular formula is C38H60O3. The second-order valence-corrected chi connectivity index (χ2v) is 15.7. The molecule has 9 atom stereocenters. The Hall–Kier alpha value is -1.51. The lowest BCUT2D eigenvalue weighted by Gasteiger charge is -2.61. The van der Waals surface area contributed by atoms with Crippen LogP contribution in [0, 0.1) is 52.3 Å². The molecule has 0 heterocycles. The molecule has 5 rings (SSSR count). The second kappa shape index (κ2) is 13.0. The molecule has 3 heteroatoms. The Kier molecular flexibility index (Phi) is 9.81. The summed E-state index contributed by atoms with van der Waals surface area (Å²) in [6, 6.07) is 7.53. The summed E-state index contributed by atoms with van der Waals surface area (Å²) < 4.78 is 11.9. The molecule has 0 amide bonds. The number of hydrogen-bond donors (Lipinski definition) is 0. The molecule has 3 nitrogen and oxygen atoms in total. The van der Waals surface area contributed by atoms with Crippen LogP contribution in [0.5, 0.6) is 5.75 Å². The third kappa shape index (κ3) is 6.40. The molecule has 0 radical (unpaired) electrons. The molecule has 41 heavy (non-hydrogen) atoms. The zero-order valence-corrected chi connectivity index (χ0v) is 27.3. The number of ether oxygens (including phenoxy) is 2. The molecule has 0 saturated heterocycles. The number of carbonyl (C=O) groups is 1. The number of hydrogen-bond acceptors (Lipinski definition) is 3. The third-order valence-electron chi connectivity index (χ3n) is 12.9. The lowest BCUT2D eigenvalue weighted by molar-refractivity contribution is -0.130. The van der Waals surface area contributed by atoms with E-state index >= 15 is 0 Å². The van der Waals surface area contributed by atoms with Crippen molar-refractivity contribution in [3.8, 4) is 5.75 Å². The highest BCUT2D eigenvalue weighted by Gasteiger charge is 2.60. The fourth-order valence-corrected chi connectivity index (χ4v) is 10.6. The van der Waals surface area contributed by atoms with Crippen LogP contribution in [0.1, 0.15) is 142 Å². The predicted molar refractivity (Wildman–Crippen MR) is 169 cm³/mol. The van der Waals surface area contributed by atoms with Crippen LogP contribution in [-0.2, 0) is 4.74 Å². The van der Waals surface area contributed by atoms with Crippen molar-refractivity contribution in [2.75, 3.05) is 6.61 Å². The molecule has 0 unspecified atom stereocenters. The van der Waals surface area contributed by atoms with Crippen molar-refractivity contribution < 1.29 is 14.3 Å². The van der Waals surface area contributed by atoms with E-state index in [0.717, 1.165) is 73.5 Å². The minimum Gasteiger partial charge on any atom is -0.494 e. The average molecular weight is 565 g/mol. The molecule has 0 aliphatic heterocycles. The first-order chi connectivity index (χ1) is 19.7. The average Bonchev–Trinajstić information content (AvgIpc) is 3.31. The van der Waals surface area contributed by atoms with Crippen molar-refractivity contribution in [3.05, 3.63) is 29.8 Å². The molecule has 230 valence electrons. The van der Waals surface area contributed by atoms with E-state index in [4.69, 9.17) is 9.47 Å². The van der Waals surface area contributed by atoms with Crippen LogP contribution in [-0.4, -0.2) is 18.7 Å². The second-order valence-electron chi connectivity index (χ2n) is 15.7. The summed E-state index contributed by atoms with van der Waals surface area (Å²) in [7, 11) is 0. The van der Waals surface area contributed by atoms with Crippen molar-refractivity contribution >= 4 is 5.97 Å². The third-order valence-corrected chi connectivity index (χ3v) is 12.9. The summed E-state index contributed by atoms with van der Waals surface area (Å²) in [6.07, 6.45) is 18.3. The van der Waals surface area contributed by atoms with Gasteiger partial charge >= 0.3 is 5.97 Å². The topological polar surface area (TPSA) is 35.5 Å². The van der Waals surface area contributed by atoms with Crippen LogP contribution in [0.4, 0.5) is 0 Å². The van der Waals surface area contributed by atoms with Gasteiger partial charge in [-0.3, -0.25) is 0 Å². The molecule has 1 aromatic rings. The molecule has 4 saturated carbocycles. The summed E-state index contributed by atoms with van der Waals surface area (Å²) in [5.74, 6) is 6.72. The van der Waals surface area contributed by atoms with Gasteiger partial charge in [0.2, 0.25) is 0 Å². The fraction of sp³-hybridized carbons (Fsp3) is 0.816. The van der Waals surface area contributed by atoms with E-state index in [1.165, 1.54) is 64.2 Å². The Balaban J connectivity index is 1.17. The minimum atomic E-state index is -0.166. The molecule has 0 aromatic heterocycles. The Morgan fingerprint density at radius 1 is 0.878 bits per heavy atom. The molecular weight excluding hydrogens is 504 g/mol. The smallest absolute Gasteiger partial charge is 0.338 e. The number of rotatable bonds is 11. The van der Waals surface area contributed by atoms with E-state index in [1.54, 1.807) is 0 Å². The summed E-state index contributed by atoms with van der Waals surface area (Å²) in [4.78, 5) is 13.0. The number of unbranched alkanes of at least 4 members (excludes halogenated alkanes) is 1.